The number of furan rings is 1. The Kier molecular flexibility index (Phi) is 10.5. The third-order valence-corrected chi connectivity index (χ3v) is 18.1. The third-order valence-electron chi connectivity index (χ3n) is 17.0. The average Bonchev–Trinajstić information content (AvgIpc) is 4.01. The number of aryl methyl sites for hydroxylation is 2. The van der Waals surface area contributed by atoms with Crippen LogP contribution in [0.1, 0.15) is 135 Å². The van der Waals surface area contributed by atoms with Crippen LogP contribution in [0.15, 0.2) is 148 Å². The first-order valence-electron chi connectivity index (χ1n) is 27.3. The highest BCUT2D eigenvalue weighted by Gasteiger charge is 2.42. The van der Waals surface area contributed by atoms with Gasteiger partial charge in [-0.05, 0) is 122 Å². The van der Waals surface area contributed by atoms with E-state index < -0.39 is 0 Å². The Labute approximate surface area is 447 Å². The number of hydrogen-bond donors (Lipinski definition) is 0. The highest BCUT2D eigenvalue weighted by molar-refractivity contribution is 8.00. The van der Waals surface area contributed by atoms with Gasteiger partial charge in [0.05, 0.1) is 12.6 Å². The van der Waals surface area contributed by atoms with E-state index in [1.807, 2.05) is 11.8 Å². The maximum Gasteiger partial charge on any atom is 0.299 e. The van der Waals surface area contributed by atoms with Crippen molar-refractivity contribution in [3.05, 3.63) is 167 Å². The molecule has 75 heavy (non-hydrogen) atoms. The van der Waals surface area contributed by atoms with Gasteiger partial charge in [-0.25, -0.2) is 4.57 Å². The van der Waals surface area contributed by atoms with Crippen LogP contribution in [0.25, 0.3) is 88.7 Å². The molecule has 0 spiro atoms. The molecule has 11 aromatic rings. The Morgan fingerprint density at radius 2 is 1.19 bits per heavy atom. The van der Waals surface area contributed by atoms with E-state index in [2.05, 4.69) is 251 Å². The largest absolute Gasteiger partial charge is 0.454 e. The fourth-order valence-electron chi connectivity index (χ4n) is 12.9. The molecule has 0 atom stereocenters. The minimum Gasteiger partial charge on any atom is -0.454 e. The monoisotopic (exact) mass is 999 g/mol. The van der Waals surface area contributed by atoms with Crippen molar-refractivity contribution >= 4 is 89.6 Å². The first-order valence-corrected chi connectivity index (χ1v) is 28.1. The smallest absolute Gasteiger partial charge is 0.299 e. The molecule has 2 aliphatic heterocycles. The molecule has 0 unspecified atom stereocenters. The number of nitrogens with zero attached hydrogens (tertiary/aromatic N) is 3. The zero-order valence-electron chi connectivity index (χ0n) is 46.6. The predicted molar refractivity (Wildman–Crippen MR) is 321 cm³/mol. The second-order valence-electron chi connectivity index (χ2n) is 25.7. The summed E-state index contributed by atoms with van der Waals surface area (Å²) in [6.07, 6.45) is 0. The molecule has 0 saturated carbocycles. The molecule has 0 bridgehead atoms. The quantitative estimate of drug-likeness (QED) is 0.127. The Bertz CT molecular complexity index is 4220. The molecule has 0 saturated heterocycles. The van der Waals surface area contributed by atoms with Gasteiger partial charge in [-0.15, -0.1) is 0 Å². The van der Waals surface area contributed by atoms with Crippen molar-refractivity contribution < 1.29 is 8.98 Å². The van der Waals surface area contributed by atoms with Crippen molar-refractivity contribution in [3.8, 4) is 33.9 Å². The van der Waals surface area contributed by atoms with Gasteiger partial charge >= 0.3 is 0 Å². The molecule has 13 rings (SSSR count). The molecule has 0 aliphatic carbocycles. The lowest BCUT2D eigenvalue weighted by molar-refractivity contribution is -0.633. The van der Waals surface area contributed by atoms with E-state index in [4.69, 9.17) is 4.42 Å². The molecule has 0 fully saturated rings. The van der Waals surface area contributed by atoms with Crippen LogP contribution in [0.5, 0.6) is 0 Å². The van der Waals surface area contributed by atoms with E-state index in [1.54, 1.807) is 0 Å². The molecule has 0 radical (unpaired) electrons. The maximum absolute atomic E-state index is 7.57. The molecule has 0 N–H and O–H groups in total. The van der Waals surface area contributed by atoms with E-state index in [0.29, 0.717) is 11.8 Å². The summed E-state index contributed by atoms with van der Waals surface area (Å²) < 4.78 is 15.2. The van der Waals surface area contributed by atoms with E-state index in [9.17, 15) is 0 Å². The van der Waals surface area contributed by atoms with Gasteiger partial charge in [0, 0.05) is 59.2 Å². The van der Waals surface area contributed by atoms with Gasteiger partial charge in [0.25, 0.3) is 5.82 Å². The van der Waals surface area contributed by atoms with Crippen LogP contribution < -0.4 is 21.0 Å². The average molecular weight is 999 g/mol. The molecular weight excluding hydrogens is 930 g/mol. The van der Waals surface area contributed by atoms with Crippen molar-refractivity contribution in [2.45, 2.75) is 135 Å². The lowest BCUT2D eigenvalue weighted by atomic mass is 9.35. The van der Waals surface area contributed by atoms with E-state index in [-0.39, 0.29) is 23.0 Å². The molecule has 3 aromatic heterocycles. The van der Waals surface area contributed by atoms with Crippen LogP contribution in [-0.4, -0.2) is 15.8 Å². The highest BCUT2D eigenvalue weighted by Crippen LogP contribution is 2.47. The third kappa shape index (κ3) is 7.07. The van der Waals surface area contributed by atoms with Crippen molar-refractivity contribution in [2.75, 3.05) is 0 Å². The topological polar surface area (TPSA) is 26.9 Å². The van der Waals surface area contributed by atoms with E-state index in [1.165, 1.54) is 104 Å². The summed E-state index contributed by atoms with van der Waals surface area (Å²) in [6, 6.07) is 51.8. The lowest BCUT2D eigenvalue weighted by Gasteiger charge is -2.35. The fourth-order valence-corrected chi connectivity index (χ4v) is 14.0. The molecule has 4 nitrogen and oxygen atoms in total. The first kappa shape index (κ1) is 47.9. The van der Waals surface area contributed by atoms with E-state index in [0.717, 1.165) is 44.5 Å². The van der Waals surface area contributed by atoms with Gasteiger partial charge in [0.2, 0.25) is 6.71 Å². The lowest BCUT2D eigenvalue weighted by Crippen LogP contribution is -2.59. The minimum absolute atomic E-state index is 0.00309. The van der Waals surface area contributed by atoms with Gasteiger partial charge in [-0.2, -0.15) is 4.57 Å². The van der Waals surface area contributed by atoms with Gasteiger partial charge in [0.15, 0.2) is 16.6 Å². The van der Waals surface area contributed by atoms with Crippen molar-refractivity contribution in [2.24, 2.45) is 7.05 Å². The van der Waals surface area contributed by atoms with Crippen molar-refractivity contribution in [1.29, 1.82) is 0 Å². The highest BCUT2D eigenvalue weighted by atomic mass is 32.2. The Hall–Kier alpha value is -6.76. The van der Waals surface area contributed by atoms with Crippen LogP contribution in [0.3, 0.4) is 0 Å². The normalized spacial score (nSPS) is 13.7. The zero-order chi connectivity index (χ0) is 52.5. The minimum atomic E-state index is -0.0412. The summed E-state index contributed by atoms with van der Waals surface area (Å²) in [6.45, 7) is 32.8. The summed E-state index contributed by atoms with van der Waals surface area (Å²) in [5, 5.41) is 4.91. The number of imidazole rings is 1. The number of benzene rings is 8. The molecule has 5 heterocycles. The molecule has 6 heteroatoms. The Morgan fingerprint density at radius 3 is 1.89 bits per heavy atom. The second-order valence-corrected chi connectivity index (χ2v) is 26.8. The van der Waals surface area contributed by atoms with Crippen molar-refractivity contribution in [1.82, 2.24) is 9.13 Å². The Morgan fingerprint density at radius 1 is 0.547 bits per heavy atom. The first-order chi connectivity index (χ1) is 35.6. The van der Waals surface area contributed by atoms with E-state index >= 15 is 0 Å². The predicted octanol–water partition coefficient (Wildman–Crippen LogP) is 16.5. The van der Waals surface area contributed by atoms with Crippen LogP contribution in [0, 0.1) is 6.92 Å². The van der Waals surface area contributed by atoms with Gasteiger partial charge in [-0.1, -0.05) is 192 Å². The number of fused-ring (bicyclic) bond motifs is 11. The fraction of sp³-hybridized carbons (Fsp3) is 0.290. The number of para-hydroxylation sites is 4. The number of rotatable bonds is 5. The SMILES string of the molecule is Cc1ccc2c(oc3c(-c4cc5c6c(c4)-n4c7ccc(C(C)(C)C)cc7c7cc(C(C)(C)C)cc(c74)B6c4cc(C(C)(C)C)ccc4S5)cccc32)c1-c1n(-c2c(C(C)C)cccc2C(C)C)c2ccccc2[n+]1C. The van der Waals surface area contributed by atoms with Crippen LogP contribution in [-0.2, 0) is 23.3 Å². The van der Waals surface area contributed by atoms with Gasteiger partial charge in [0.1, 0.15) is 16.8 Å². The summed E-state index contributed by atoms with van der Waals surface area (Å²) in [4.78, 5) is 2.64. The second kappa shape index (κ2) is 16.4. The standard InChI is InChI=1S/C69H69BN3OS/c1-38(2)45-20-18-21-46(39(3)4)62(45)73-56-25-17-16-24-55(56)71(15)66(73)60-40(5)26-29-49-48-23-19-22-47(64(48)74-65(49)60)41-32-57-61-59(33-41)75-58-31-28-43(68(9,10)11)36-52(58)70(61)53-37-44(69(12,13)14)35-51-50-34-42(67(6,7)8)27-30-54(50)72(57)63(51)53/h16-39H,1-15H3/q+1. The Balaban J connectivity index is 1.11. The molecule has 8 aromatic carbocycles. The summed E-state index contributed by atoms with van der Waals surface area (Å²) in [5.41, 5.74) is 24.9. The molecular formula is C69H69BN3OS+. The molecule has 2 aliphatic rings. The van der Waals surface area contributed by atoms with Crippen LogP contribution in [0.2, 0.25) is 0 Å². The van der Waals surface area contributed by atoms with Crippen LogP contribution in [0.4, 0.5) is 0 Å². The number of aromatic nitrogens is 3. The van der Waals surface area contributed by atoms with Crippen molar-refractivity contribution in [3.63, 3.8) is 0 Å². The molecule has 0 amide bonds. The maximum atomic E-state index is 7.57. The zero-order valence-corrected chi connectivity index (χ0v) is 47.4. The summed E-state index contributed by atoms with van der Waals surface area (Å²) in [7, 11) is 2.23. The van der Waals surface area contributed by atoms with Gasteiger partial charge in [-0.3, -0.25) is 0 Å². The summed E-state index contributed by atoms with van der Waals surface area (Å²) >= 11 is 1.94. The van der Waals surface area contributed by atoms with Gasteiger partial charge < -0.3 is 8.98 Å². The van der Waals surface area contributed by atoms with Crippen LogP contribution >= 0.6 is 11.8 Å². The summed E-state index contributed by atoms with van der Waals surface area (Å²) in [5.74, 6) is 1.77. The molecule has 374 valence electrons. The number of hydrogen-bond acceptors (Lipinski definition) is 2.